The zero-order chi connectivity index (χ0) is 16.4. The standard InChI is InChI=1S/C15H14N2O4S2/c18-17(19)13-6-4-5-12(11-13)15-16(9-10-22-15)23(20,21)14-7-2-1-3-8-14/h1-8,11,15H,9-10H2/t15-/m0/s1. The highest BCUT2D eigenvalue weighted by Gasteiger charge is 2.37. The molecule has 1 aliphatic heterocycles. The summed E-state index contributed by atoms with van der Waals surface area (Å²) in [5.41, 5.74) is 0.591. The van der Waals surface area contributed by atoms with E-state index in [-0.39, 0.29) is 10.6 Å². The summed E-state index contributed by atoms with van der Waals surface area (Å²) in [7, 11) is -3.63. The quantitative estimate of drug-likeness (QED) is 0.625. The third-order valence-corrected chi connectivity index (χ3v) is 6.84. The van der Waals surface area contributed by atoms with Gasteiger partial charge in [-0.1, -0.05) is 30.3 Å². The van der Waals surface area contributed by atoms with Gasteiger partial charge in [0.1, 0.15) is 0 Å². The Balaban J connectivity index is 1.98. The Kier molecular flexibility index (Phi) is 4.38. The summed E-state index contributed by atoms with van der Waals surface area (Å²) in [4.78, 5) is 10.7. The van der Waals surface area contributed by atoms with Gasteiger partial charge in [0.05, 0.1) is 15.2 Å². The molecule has 0 N–H and O–H groups in total. The highest BCUT2D eigenvalue weighted by Crippen LogP contribution is 2.42. The molecule has 0 radical (unpaired) electrons. The van der Waals surface area contributed by atoms with Gasteiger partial charge in [-0.2, -0.15) is 4.31 Å². The van der Waals surface area contributed by atoms with Crippen LogP contribution in [0.2, 0.25) is 0 Å². The number of hydrogen-bond acceptors (Lipinski definition) is 5. The summed E-state index contributed by atoms with van der Waals surface area (Å²) in [6.45, 7) is 0.384. The topological polar surface area (TPSA) is 80.5 Å². The minimum atomic E-state index is -3.63. The Bertz CT molecular complexity index is 824. The molecule has 0 spiro atoms. The van der Waals surface area contributed by atoms with Gasteiger partial charge < -0.3 is 0 Å². The molecule has 0 aliphatic carbocycles. The van der Waals surface area contributed by atoms with Crippen LogP contribution in [0.4, 0.5) is 5.69 Å². The molecule has 6 nitrogen and oxygen atoms in total. The molecule has 120 valence electrons. The van der Waals surface area contributed by atoms with Crippen LogP contribution < -0.4 is 0 Å². The molecule has 1 heterocycles. The number of nitrogens with zero attached hydrogens (tertiary/aromatic N) is 2. The minimum absolute atomic E-state index is 0.0351. The van der Waals surface area contributed by atoms with Crippen LogP contribution in [0.3, 0.4) is 0 Å². The Morgan fingerprint density at radius 1 is 1.13 bits per heavy atom. The molecule has 0 saturated carbocycles. The van der Waals surface area contributed by atoms with E-state index in [1.165, 1.54) is 28.2 Å². The lowest BCUT2D eigenvalue weighted by Gasteiger charge is -2.23. The molecule has 1 saturated heterocycles. The monoisotopic (exact) mass is 350 g/mol. The molecule has 8 heteroatoms. The predicted molar refractivity (Wildman–Crippen MR) is 88.6 cm³/mol. The maximum Gasteiger partial charge on any atom is 0.269 e. The van der Waals surface area contributed by atoms with Gasteiger partial charge in [-0.25, -0.2) is 8.42 Å². The first-order valence-corrected chi connectivity index (χ1v) is 9.42. The van der Waals surface area contributed by atoms with Crippen LogP contribution in [0.5, 0.6) is 0 Å². The van der Waals surface area contributed by atoms with E-state index in [4.69, 9.17) is 0 Å². The van der Waals surface area contributed by atoms with Crippen LogP contribution in [-0.2, 0) is 10.0 Å². The summed E-state index contributed by atoms with van der Waals surface area (Å²) >= 11 is 1.47. The predicted octanol–water partition coefficient (Wildman–Crippen LogP) is 3.03. The molecule has 0 aromatic heterocycles. The van der Waals surface area contributed by atoms with E-state index in [0.29, 0.717) is 17.9 Å². The molecular formula is C15H14N2O4S2. The van der Waals surface area contributed by atoms with E-state index in [0.717, 1.165) is 0 Å². The smallest absolute Gasteiger partial charge is 0.258 e. The highest BCUT2D eigenvalue weighted by atomic mass is 32.2. The number of hydrogen-bond donors (Lipinski definition) is 0. The summed E-state index contributed by atoms with van der Waals surface area (Å²) in [6.07, 6.45) is 0. The second kappa shape index (κ2) is 6.31. The number of sulfonamides is 1. The van der Waals surface area contributed by atoms with E-state index in [1.807, 2.05) is 0 Å². The largest absolute Gasteiger partial charge is 0.269 e. The van der Waals surface area contributed by atoms with Crippen molar-refractivity contribution < 1.29 is 13.3 Å². The third kappa shape index (κ3) is 3.10. The van der Waals surface area contributed by atoms with Crippen molar-refractivity contribution in [3.8, 4) is 0 Å². The van der Waals surface area contributed by atoms with Gasteiger partial charge >= 0.3 is 0 Å². The van der Waals surface area contributed by atoms with E-state index >= 15 is 0 Å². The molecule has 0 amide bonds. The first-order valence-electron chi connectivity index (χ1n) is 6.93. The molecule has 1 atom stereocenters. The number of benzene rings is 2. The Hall–Kier alpha value is -1.90. The van der Waals surface area contributed by atoms with Crippen molar-refractivity contribution in [1.29, 1.82) is 0 Å². The maximum absolute atomic E-state index is 12.8. The van der Waals surface area contributed by atoms with Gasteiger partial charge in [0.25, 0.3) is 5.69 Å². The zero-order valence-electron chi connectivity index (χ0n) is 12.0. The number of thioether (sulfide) groups is 1. The van der Waals surface area contributed by atoms with Crippen LogP contribution >= 0.6 is 11.8 Å². The van der Waals surface area contributed by atoms with Crippen molar-refractivity contribution in [3.05, 3.63) is 70.3 Å². The second-order valence-electron chi connectivity index (χ2n) is 5.00. The molecule has 0 unspecified atom stereocenters. The van der Waals surface area contributed by atoms with Gasteiger partial charge in [0.15, 0.2) is 0 Å². The third-order valence-electron chi connectivity index (χ3n) is 3.56. The first-order chi connectivity index (χ1) is 11.0. The molecule has 23 heavy (non-hydrogen) atoms. The zero-order valence-corrected chi connectivity index (χ0v) is 13.7. The van der Waals surface area contributed by atoms with E-state index in [1.54, 1.807) is 42.5 Å². The normalized spacial score (nSPS) is 18.9. The number of rotatable bonds is 4. The molecule has 3 rings (SSSR count). The molecule has 1 aliphatic rings. The van der Waals surface area contributed by atoms with E-state index in [2.05, 4.69) is 0 Å². The summed E-state index contributed by atoms with van der Waals surface area (Å²) in [5, 5.41) is 10.5. The highest BCUT2D eigenvalue weighted by molar-refractivity contribution is 8.01. The van der Waals surface area contributed by atoms with Crippen LogP contribution in [0, 0.1) is 10.1 Å². The number of non-ortho nitro benzene ring substituents is 1. The molecule has 2 aromatic carbocycles. The van der Waals surface area contributed by atoms with Crippen LogP contribution in [0.25, 0.3) is 0 Å². The van der Waals surface area contributed by atoms with Gasteiger partial charge in [-0.15, -0.1) is 11.8 Å². The lowest BCUT2D eigenvalue weighted by molar-refractivity contribution is -0.384. The maximum atomic E-state index is 12.8. The summed E-state index contributed by atoms with van der Waals surface area (Å²) in [5.74, 6) is 0.652. The van der Waals surface area contributed by atoms with E-state index < -0.39 is 20.3 Å². The molecule has 0 bridgehead atoms. The van der Waals surface area contributed by atoms with Crippen molar-refractivity contribution in [2.24, 2.45) is 0 Å². The summed E-state index contributed by atoms with van der Waals surface area (Å²) < 4.78 is 27.0. The van der Waals surface area contributed by atoms with Crippen molar-refractivity contribution in [2.45, 2.75) is 10.3 Å². The van der Waals surface area contributed by atoms with Gasteiger partial charge in [0, 0.05) is 24.4 Å². The molecule has 2 aromatic rings. The van der Waals surface area contributed by atoms with Crippen molar-refractivity contribution >= 4 is 27.5 Å². The van der Waals surface area contributed by atoms with Gasteiger partial charge in [0.2, 0.25) is 10.0 Å². The Morgan fingerprint density at radius 2 is 1.87 bits per heavy atom. The van der Waals surface area contributed by atoms with Crippen LogP contribution in [-0.4, -0.2) is 29.9 Å². The Morgan fingerprint density at radius 3 is 2.57 bits per heavy atom. The molecular weight excluding hydrogens is 336 g/mol. The number of nitro groups is 1. The van der Waals surface area contributed by atoms with Crippen molar-refractivity contribution in [1.82, 2.24) is 4.31 Å². The fraction of sp³-hybridized carbons (Fsp3) is 0.200. The Labute approximate surface area is 138 Å². The first kappa shape index (κ1) is 16.0. The second-order valence-corrected chi connectivity index (χ2v) is 8.08. The lowest BCUT2D eigenvalue weighted by Crippen LogP contribution is -2.30. The fourth-order valence-electron chi connectivity index (χ4n) is 2.48. The van der Waals surface area contributed by atoms with Crippen LogP contribution in [0.1, 0.15) is 10.9 Å². The minimum Gasteiger partial charge on any atom is -0.258 e. The SMILES string of the molecule is O=[N+]([O-])c1cccc([C@@H]2SCCN2S(=O)(=O)c2ccccc2)c1. The number of nitro benzene ring substituents is 1. The summed E-state index contributed by atoms with van der Waals surface area (Å²) in [6, 6.07) is 14.4. The lowest BCUT2D eigenvalue weighted by atomic mass is 10.2. The fourth-order valence-corrected chi connectivity index (χ4v) is 5.73. The van der Waals surface area contributed by atoms with Gasteiger partial charge in [-0.3, -0.25) is 10.1 Å². The van der Waals surface area contributed by atoms with Crippen molar-refractivity contribution in [2.75, 3.05) is 12.3 Å². The average Bonchev–Trinajstić information content (AvgIpc) is 3.06. The van der Waals surface area contributed by atoms with Gasteiger partial charge in [-0.05, 0) is 17.7 Å². The molecule has 1 fully saturated rings. The van der Waals surface area contributed by atoms with E-state index in [9.17, 15) is 18.5 Å². The van der Waals surface area contributed by atoms with Crippen LogP contribution in [0.15, 0.2) is 59.5 Å². The van der Waals surface area contributed by atoms with Crippen molar-refractivity contribution in [3.63, 3.8) is 0 Å². The average molecular weight is 350 g/mol.